The number of unbranched alkanes of at least 4 members (excludes halogenated alkanes) is 42. The van der Waals surface area contributed by atoms with Crippen LogP contribution in [0.15, 0.2) is 0 Å². The second-order valence-corrected chi connectivity index (χ2v) is 22.5. The smallest absolute Gasteiger partial charge is 0.0654 e. The van der Waals surface area contributed by atoms with Crippen molar-refractivity contribution >= 4 is 12.3 Å². The Balaban J connectivity index is 4.34. The SMILES string of the molecule is CCCCCCCCCCCCCCCCC[C](=O)[Ti]([C](=O)CCCCCCCCCCCCCCCCC)[C](=O)CCCCCCCCCCCCCCCCC. The van der Waals surface area contributed by atoms with Crippen LogP contribution in [0.25, 0.3) is 0 Å². The minimum Gasteiger partial charge on any atom is -0.0654 e. The molecule has 0 bridgehead atoms. The Bertz CT molecular complexity index is 746. The van der Waals surface area contributed by atoms with Crippen LogP contribution in [-0.2, 0) is 32.3 Å². The van der Waals surface area contributed by atoms with Gasteiger partial charge in [-0.15, -0.1) is 0 Å². The van der Waals surface area contributed by atoms with Crippen molar-refractivity contribution in [2.45, 2.75) is 329 Å². The van der Waals surface area contributed by atoms with Gasteiger partial charge in [0.15, 0.2) is 0 Å². The molecule has 58 heavy (non-hydrogen) atoms. The van der Waals surface area contributed by atoms with E-state index in [-0.39, 0.29) is 12.3 Å². The zero-order chi connectivity index (χ0) is 42.3. The van der Waals surface area contributed by atoms with Gasteiger partial charge in [-0.3, -0.25) is 0 Å². The van der Waals surface area contributed by atoms with Gasteiger partial charge in [0.05, 0.1) is 0 Å². The number of carbonyl (C=O) groups is 3. The summed E-state index contributed by atoms with van der Waals surface area (Å²) in [4.78, 5) is 40.5. The van der Waals surface area contributed by atoms with Crippen LogP contribution >= 0.6 is 0 Å². The molecule has 343 valence electrons. The zero-order valence-corrected chi connectivity index (χ0v) is 41.7. The summed E-state index contributed by atoms with van der Waals surface area (Å²) in [5.41, 5.74) is 0. The summed E-state index contributed by atoms with van der Waals surface area (Å²) in [6.45, 7) is 6.86. The zero-order valence-electron chi connectivity index (χ0n) is 40.2. The second-order valence-electron chi connectivity index (χ2n) is 18.7. The molecule has 0 aliphatic rings. The third kappa shape index (κ3) is 42.4. The molecule has 3 nitrogen and oxygen atoms in total. The van der Waals surface area contributed by atoms with E-state index in [0.717, 1.165) is 38.5 Å². The number of rotatable bonds is 51. The standard InChI is InChI=1S/3C18H35O.Ti/c3*1-2-3-4-5-6-7-8-9-10-11-12-13-14-15-16-17-18-19;/h3*2-17H2,1H3;. The minimum atomic E-state index is -3.06. The molecule has 0 heterocycles. The van der Waals surface area contributed by atoms with Gasteiger partial charge in [0.25, 0.3) is 0 Å². The van der Waals surface area contributed by atoms with Crippen LogP contribution in [0.2, 0.25) is 0 Å². The Morgan fingerprint density at radius 1 is 0.207 bits per heavy atom. The molecule has 0 fully saturated rings. The average molecular weight is 850 g/mol. The maximum atomic E-state index is 13.5. The molecular formula is C54H105O3Ti. The van der Waals surface area contributed by atoms with Crippen LogP contribution in [0.1, 0.15) is 329 Å². The quantitative estimate of drug-likeness (QED) is 0.0453. The number of carbonyl (C=O) groups excluding carboxylic acids is 3. The maximum absolute atomic E-state index is 13.5. The fourth-order valence-electron chi connectivity index (χ4n) is 8.81. The van der Waals surface area contributed by atoms with Crippen molar-refractivity contribution in [3.05, 3.63) is 0 Å². The molecule has 0 saturated heterocycles. The molecule has 0 N–H and O–H groups in total. The fraction of sp³-hybridized carbons (Fsp3) is 0.944. The molecule has 0 aromatic heterocycles. The third-order valence-electron chi connectivity index (χ3n) is 12.9. The number of hydrogen-bond acceptors (Lipinski definition) is 3. The van der Waals surface area contributed by atoms with Gasteiger partial charge in [0, 0.05) is 0 Å². The Kier molecular flexibility index (Phi) is 49.1. The Labute approximate surface area is 371 Å². The van der Waals surface area contributed by atoms with E-state index >= 15 is 0 Å². The molecule has 0 aromatic carbocycles. The molecule has 0 aromatic rings. The summed E-state index contributed by atoms with van der Waals surface area (Å²) in [6, 6.07) is 0. The molecule has 0 spiro atoms. The average Bonchev–Trinajstić information content (AvgIpc) is 3.22. The van der Waals surface area contributed by atoms with E-state index in [1.54, 1.807) is 0 Å². The Hall–Kier alpha value is -0.276. The van der Waals surface area contributed by atoms with E-state index in [9.17, 15) is 14.4 Å². The monoisotopic (exact) mass is 850 g/mol. The van der Waals surface area contributed by atoms with Gasteiger partial charge in [-0.05, 0) is 0 Å². The molecule has 0 unspecified atom stereocenters. The first-order chi connectivity index (χ1) is 28.6. The van der Waals surface area contributed by atoms with Crippen LogP contribution in [0.5, 0.6) is 0 Å². The molecule has 0 saturated carbocycles. The van der Waals surface area contributed by atoms with Gasteiger partial charge in [-0.25, -0.2) is 0 Å². The second kappa shape index (κ2) is 49.4. The molecule has 0 rings (SSSR count). The molecule has 0 aliphatic heterocycles. The summed E-state index contributed by atoms with van der Waals surface area (Å²) in [6.07, 6.45) is 60.1. The Morgan fingerprint density at radius 3 is 0.466 bits per heavy atom. The predicted octanol–water partition coefficient (Wildman–Crippen LogP) is 19.0. The van der Waals surface area contributed by atoms with E-state index in [4.69, 9.17) is 0 Å². The van der Waals surface area contributed by atoms with Gasteiger partial charge in [-0.1, -0.05) is 117 Å². The van der Waals surface area contributed by atoms with Crippen LogP contribution in [0.3, 0.4) is 0 Å². The van der Waals surface area contributed by atoms with Gasteiger partial charge in [-0.2, -0.15) is 0 Å². The first-order valence-electron chi connectivity index (χ1n) is 27.0. The van der Waals surface area contributed by atoms with Gasteiger partial charge < -0.3 is 0 Å². The summed E-state index contributed by atoms with van der Waals surface area (Å²) >= 11 is -3.06. The van der Waals surface area contributed by atoms with Crippen molar-refractivity contribution in [2.24, 2.45) is 0 Å². The summed E-state index contributed by atoms with van der Waals surface area (Å²) < 4.78 is 0.268. The van der Waals surface area contributed by atoms with Crippen molar-refractivity contribution in [3.8, 4) is 0 Å². The molecule has 0 amide bonds. The summed E-state index contributed by atoms with van der Waals surface area (Å²) in [7, 11) is 0. The van der Waals surface area contributed by atoms with Crippen LogP contribution in [0, 0.1) is 0 Å². The number of hydrogen-bond donors (Lipinski definition) is 0. The van der Waals surface area contributed by atoms with Crippen molar-refractivity contribution in [1.82, 2.24) is 0 Å². The minimum absolute atomic E-state index is 0.0895. The predicted molar refractivity (Wildman–Crippen MR) is 254 cm³/mol. The molecule has 0 aliphatic carbocycles. The van der Waals surface area contributed by atoms with E-state index in [1.165, 1.54) is 250 Å². The van der Waals surface area contributed by atoms with Crippen molar-refractivity contribution in [3.63, 3.8) is 0 Å². The molecular weight excluding hydrogens is 744 g/mol. The van der Waals surface area contributed by atoms with Crippen molar-refractivity contribution in [1.29, 1.82) is 0 Å². The normalized spacial score (nSPS) is 11.4. The van der Waals surface area contributed by atoms with Crippen molar-refractivity contribution < 1.29 is 32.3 Å². The third-order valence-corrected chi connectivity index (χ3v) is 16.6. The first kappa shape index (κ1) is 57.7. The first-order valence-corrected chi connectivity index (χ1v) is 29.4. The van der Waals surface area contributed by atoms with E-state index in [0.29, 0.717) is 19.3 Å². The van der Waals surface area contributed by atoms with Crippen LogP contribution in [-0.4, -0.2) is 12.3 Å². The van der Waals surface area contributed by atoms with E-state index in [2.05, 4.69) is 20.8 Å². The topological polar surface area (TPSA) is 51.2 Å². The van der Waals surface area contributed by atoms with Gasteiger partial charge in [0.2, 0.25) is 0 Å². The molecule has 4 heteroatoms. The molecule has 0 atom stereocenters. The van der Waals surface area contributed by atoms with Gasteiger partial charge in [0.1, 0.15) is 0 Å². The summed E-state index contributed by atoms with van der Waals surface area (Å²) in [5, 5.41) is 0. The summed E-state index contributed by atoms with van der Waals surface area (Å²) in [5.74, 6) is 0. The molecule has 0 radical (unpaired) electrons. The van der Waals surface area contributed by atoms with Crippen molar-refractivity contribution in [2.75, 3.05) is 0 Å². The fourth-order valence-corrected chi connectivity index (χ4v) is 12.3. The van der Waals surface area contributed by atoms with E-state index in [1.807, 2.05) is 0 Å². The van der Waals surface area contributed by atoms with Gasteiger partial charge >= 0.3 is 256 Å². The van der Waals surface area contributed by atoms with Crippen LogP contribution in [0.4, 0.5) is 0 Å². The van der Waals surface area contributed by atoms with Crippen LogP contribution < -0.4 is 0 Å². The van der Waals surface area contributed by atoms with E-state index < -0.39 is 17.9 Å². The Morgan fingerprint density at radius 2 is 0.328 bits per heavy atom.